The number of hydrogen-bond acceptors (Lipinski definition) is 3. The highest BCUT2D eigenvalue weighted by atomic mass is 79.9. The van der Waals surface area contributed by atoms with E-state index in [0.29, 0.717) is 17.8 Å². The Morgan fingerprint density at radius 3 is 2.50 bits per heavy atom. The number of carbonyl (C=O) groups excluding carboxylic acids is 1. The molecule has 2 heterocycles. The van der Waals surface area contributed by atoms with Gasteiger partial charge in [-0.2, -0.15) is 13.9 Å². The average molecular weight is 399 g/mol. The lowest BCUT2D eigenvalue weighted by Crippen LogP contribution is -2.48. The standard InChI is InChI=1S/C16H17BrF2N4O/c17-13-4-2-1-3-12(13)11-21-7-9-22(10-8-21)15(24)14-5-6-23(20-14)16(18)19/h1-6,16H,7-11H2. The molecular weight excluding hydrogens is 382 g/mol. The molecule has 1 aromatic heterocycles. The Balaban J connectivity index is 1.56. The van der Waals surface area contributed by atoms with E-state index in [9.17, 15) is 13.6 Å². The van der Waals surface area contributed by atoms with Crippen molar-refractivity contribution in [2.45, 2.75) is 13.1 Å². The van der Waals surface area contributed by atoms with Gasteiger partial charge in [0.25, 0.3) is 5.91 Å². The summed E-state index contributed by atoms with van der Waals surface area (Å²) in [5.41, 5.74) is 1.27. The number of hydrogen-bond donors (Lipinski definition) is 0. The monoisotopic (exact) mass is 398 g/mol. The van der Waals surface area contributed by atoms with E-state index < -0.39 is 6.55 Å². The van der Waals surface area contributed by atoms with E-state index in [1.165, 1.54) is 11.6 Å². The summed E-state index contributed by atoms with van der Waals surface area (Å²) in [5.74, 6) is -0.296. The van der Waals surface area contributed by atoms with Gasteiger partial charge in [-0.1, -0.05) is 34.1 Å². The first-order valence-electron chi connectivity index (χ1n) is 7.63. The molecule has 24 heavy (non-hydrogen) atoms. The van der Waals surface area contributed by atoms with Gasteiger partial charge in [0, 0.05) is 43.4 Å². The second-order valence-corrected chi connectivity index (χ2v) is 6.47. The zero-order valence-corrected chi connectivity index (χ0v) is 14.5. The van der Waals surface area contributed by atoms with Gasteiger partial charge in [0.05, 0.1) is 0 Å². The summed E-state index contributed by atoms with van der Waals surface area (Å²) in [4.78, 5) is 16.3. The average Bonchev–Trinajstić information content (AvgIpc) is 3.07. The summed E-state index contributed by atoms with van der Waals surface area (Å²) in [7, 11) is 0. The molecule has 1 fully saturated rings. The van der Waals surface area contributed by atoms with Gasteiger partial charge in [-0.05, 0) is 17.7 Å². The molecule has 0 bridgehead atoms. The first kappa shape index (κ1) is 17.0. The fourth-order valence-corrected chi connectivity index (χ4v) is 3.11. The van der Waals surface area contributed by atoms with E-state index in [4.69, 9.17) is 0 Å². The fourth-order valence-electron chi connectivity index (χ4n) is 2.70. The van der Waals surface area contributed by atoms with Crippen molar-refractivity contribution < 1.29 is 13.6 Å². The molecular formula is C16H17BrF2N4O. The second-order valence-electron chi connectivity index (χ2n) is 5.62. The third-order valence-corrected chi connectivity index (χ3v) is 4.81. The summed E-state index contributed by atoms with van der Waals surface area (Å²) in [6.07, 6.45) is 1.13. The Hall–Kier alpha value is -1.80. The molecule has 0 atom stereocenters. The van der Waals surface area contributed by atoms with Gasteiger partial charge >= 0.3 is 6.55 Å². The van der Waals surface area contributed by atoms with E-state index in [2.05, 4.69) is 32.0 Å². The minimum Gasteiger partial charge on any atom is -0.335 e. The molecule has 1 aliphatic rings. The van der Waals surface area contributed by atoms with E-state index in [1.807, 2.05) is 18.2 Å². The molecule has 1 amide bonds. The van der Waals surface area contributed by atoms with Crippen molar-refractivity contribution in [1.29, 1.82) is 0 Å². The zero-order valence-electron chi connectivity index (χ0n) is 12.9. The number of aromatic nitrogens is 2. The molecule has 1 aliphatic heterocycles. The smallest absolute Gasteiger partial charge is 0.333 e. The summed E-state index contributed by atoms with van der Waals surface area (Å²) in [6.45, 7) is 0.678. The third-order valence-electron chi connectivity index (χ3n) is 4.04. The van der Waals surface area contributed by atoms with Crippen molar-refractivity contribution >= 4 is 21.8 Å². The van der Waals surface area contributed by atoms with Crippen LogP contribution < -0.4 is 0 Å². The lowest BCUT2D eigenvalue weighted by atomic mass is 10.2. The van der Waals surface area contributed by atoms with Gasteiger partial charge in [-0.15, -0.1) is 0 Å². The quantitative estimate of drug-likeness (QED) is 0.794. The van der Waals surface area contributed by atoms with Crippen LogP contribution in [0.5, 0.6) is 0 Å². The lowest BCUT2D eigenvalue weighted by molar-refractivity contribution is 0.0534. The molecule has 0 saturated carbocycles. The molecule has 1 saturated heterocycles. The van der Waals surface area contributed by atoms with Crippen molar-refractivity contribution in [3.63, 3.8) is 0 Å². The summed E-state index contributed by atoms with van der Waals surface area (Å²) in [5, 5.41) is 3.64. The molecule has 8 heteroatoms. The molecule has 0 aliphatic carbocycles. The molecule has 3 rings (SSSR count). The fraction of sp³-hybridized carbons (Fsp3) is 0.375. The molecule has 128 valence electrons. The molecule has 0 radical (unpaired) electrons. The maximum Gasteiger partial charge on any atom is 0.333 e. The van der Waals surface area contributed by atoms with Crippen LogP contribution in [0.1, 0.15) is 22.6 Å². The zero-order chi connectivity index (χ0) is 17.1. The highest BCUT2D eigenvalue weighted by molar-refractivity contribution is 9.10. The number of carbonyl (C=O) groups is 1. The van der Waals surface area contributed by atoms with Crippen LogP contribution in [-0.4, -0.2) is 51.7 Å². The minimum absolute atomic E-state index is 0.0644. The molecule has 0 unspecified atom stereocenters. The number of nitrogens with zero attached hydrogens (tertiary/aromatic N) is 4. The Labute approximate surface area is 147 Å². The Morgan fingerprint density at radius 1 is 1.17 bits per heavy atom. The Kier molecular flexibility index (Phi) is 5.25. The highest BCUT2D eigenvalue weighted by Crippen LogP contribution is 2.19. The normalized spacial score (nSPS) is 15.9. The Bertz CT molecular complexity index is 714. The van der Waals surface area contributed by atoms with Gasteiger partial charge in [0.2, 0.25) is 0 Å². The molecule has 0 N–H and O–H groups in total. The molecule has 0 spiro atoms. The van der Waals surface area contributed by atoms with Crippen LogP contribution in [0.2, 0.25) is 0 Å². The van der Waals surface area contributed by atoms with E-state index in [1.54, 1.807) is 4.90 Å². The van der Waals surface area contributed by atoms with Crippen LogP contribution in [0.25, 0.3) is 0 Å². The molecule has 1 aromatic carbocycles. The van der Waals surface area contributed by atoms with Crippen molar-refractivity contribution in [3.05, 3.63) is 52.3 Å². The first-order chi connectivity index (χ1) is 11.5. The van der Waals surface area contributed by atoms with Crippen molar-refractivity contribution in [1.82, 2.24) is 19.6 Å². The van der Waals surface area contributed by atoms with Crippen LogP contribution in [0.3, 0.4) is 0 Å². The SMILES string of the molecule is O=C(c1ccn(C(F)F)n1)N1CCN(Cc2ccccc2Br)CC1. The molecule has 5 nitrogen and oxygen atoms in total. The highest BCUT2D eigenvalue weighted by Gasteiger charge is 2.24. The predicted molar refractivity (Wildman–Crippen MR) is 88.8 cm³/mol. The van der Waals surface area contributed by atoms with E-state index in [-0.39, 0.29) is 11.6 Å². The third kappa shape index (κ3) is 3.81. The molecule has 2 aromatic rings. The summed E-state index contributed by atoms with van der Waals surface area (Å²) >= 11 is 3.54. The topological polar surface area (TPSA) is 41.4 Å². The second kappa shape index (κ2) is 7.40. The predicted octanol–water partition coefficient (Wildman–Crippen LogP) is 3.00. The van der Waals surface area contributed by atoms with Gasteiger partial charge in [-0.3, -0.25) is 9.69 Å². The number of alkyl halides is 2. The van der Waals surface area contributed by atoms with Crippen LogP contribution in [-0.2, 0) is 6.54 Å². The largest absolute Gasteiger partial charge is 0.335 e. The first-order valence-corrected chi connectivity index (χ1v) is 8.42. The number of piperazine rings is 1. The van der Waals surface area contributed by atoms with Gasteiger partial charge in [-0.25, -0.2) is 4.68 Å². The summed E-state index contributed by atoms with van der Waals surface area (Å²) in [6, 6.07) is 9.39. The van der Waals surface area contributed by atoms with Crippen LogP contribution in [0.15, 0.2) is 41.0 Å². The number of halogens is 3. The van der Waals surface area contributed by atoms with Crippen LogP contribution >= 0.6 is 15.9 Å². The minimum atomic E-state index is -2.73. The van der Waals surface area contributed by atoms with E-state index in [0.717, 1.165) is 30.3 Å². The maximum atomic E-state index is 12.5. The van der Waals surface area contributed by atoms with Crippen LogP contribution in [0, 0.1) is 0 Å². The van der Waals surface area contributed by atoms with Gasteiger partial charge < -0.3 is 4.90 Å². The number of amides is 1. The van der Waals surface area contributed by atoms with Gasteiger partial charge in [0.1, 0.15) is 0 Å². The maximum absolute atomic E-state index is 12.5. The van der Waals surface area contributed by atoms with Gasteiger partial charge in [0.15, 0.2) is 5.69 Å². The van der Waals surface area contributed by atoms with Crippen molar-refractivity contribution in [2.24, 2.45) is 0 Å². The van der Waals surface area contributed by atoms with Crippen LogP contribution in [0.4, 0.5) is 8.78 Å². The lowest BCUT2D eigenvalue weighted by Gasteiger charge is -2.34. The number of rotatable bonds is 4. The van der Waals surface area contributed by atoms with Crippen molar-refractivity contribution in [3.8, 4) is 0 Å². The summed E-state index contributed by atoms with van der Waals surface area (Å²) < 4.78 is 26.7. The van der Waals surface area contributed by atoms with Crippen molar-refractivity contribution in [2.75, 3.05) is 26.2 Å². The number of benzene rings is 1. The van der Waals surface area contributed by atoms with E-state index >= 15 is 0 Å². The Morgan fingerprint density at radius 2 is 1.88 bits per heavy atom.